The second kappa shape index (κ2) is 4.96. The van der Waals surface area contributed by atoms with E-state index in [1.807, 2.05) is 6.92 Å². The first-order valence-electron chi connectivity index (χ1n) is 5.78. The molecule has 0 saturated carbocycles. The highest BCUT2D eigenvalue weighted by Gasteiger charge is 2.12. The molecule has 1 N–H and O–H groups in total. The third-order valence-electron chi connectivity index (χ3n) is 2.86. The second-order valence-electron chi connectivity index (χ2n) is 3.99. The van der Waals surface area contributed by atoms with Gasteiger partial charge in [-0.2, -0.15) is 0 Å². The zero-order valence-corrected chi connectivity index (χ0v) is 9.52. The minimum absolute atomic E-state index is 0.0282. The molecule has 1 atom stereocenters. The van der Waals surface area contributed by atoms with E-state index in [9.17, 15) is 4.79 Å². The molecule has 16 heavy (non-hydrogen) atoms. The lowest BCUT2D eigenvalue weighted by Gasteiger charge is -2.19. The number of hydrogen-bond acceptors (Lipinski definition) is 3. The molecule has 0 saturated heterocycles. The van der Waals surface area contributed by atoms with Crippen LogP contribution in [-0.4, -0.2) is 15.6 Å². The minimum Gasteiger partial charge on any atom is -0.362 e. The van der Waals surface area contributed by atoms with Crippen molar-refractivity contribution in [3.8, 4) is 0 Å². The van der Waals surface area contributed by atoms with Gasteiger partial charge in [-0.1, -0.05) is 12.2 Å². The summed E-state index contributed by atoms with van der Waals surface area (Å²) >= 11 is 0. The summed E-state index contributed by atoms with van der Waals surface area (Å²) in [6.07, 6.45) is 10.8. The number of nitrogens with zero attached hydrogens (tertiary/aromatic N) is 2. The molecule has 0 spiro atoms. The molecule has 0 amide bonds. The van der Waals surface area contributed by atoms with Gasteiger partial charge in [0.2, 0.25) is 0 Å². The van der Waals surface area contributed by atoms with Crippen LogP contribution in [0.4, 0.5) is 5.82 Å². The number of aryl methyl sites for hydroxylation is 1. The van der Waals surface area contributed by atoms with Crippen LogP contribution in [0.15, 0.2) is 29.3 Å². The van der Waals surface area contributed by atoms with Gasteiger partial charge in [-0.15, -0.1) is 0 Å². The number of allylic oxidation sites excluding steroid dienone is 1. The smallest absolute Gasteiger partial charge is 0.293 e. The van der Waals surface area contributed by atoms with Gasteiger partial charge in [-0.25, -0.2) is 4.98 Å². The number of aromatic nitrogens is 2. The lowest BCUT2D eigenvalue weighted by atomic mass is 10.0. The quantitative estimate of drug-likeness (QED) is 0.788. The first kappa shape index (κ1) is 10.9. The Morgan fingerprint density at radius 1 is 1.56 bits per heavy atom. The fourth-order valence-corrected chi connectivity index (χ4v) is 1.91. The van der Waals surface area contributed by atoms with E-state index in [1.165, 1.54) is 0 Å². The van der Waals surface area contributed by atoms with Gasteiger partial charge >= 0.3 is 0 Å². The van der Waals surface area contributed by atoms with Crippen molar-refractivity contribution in [1.29, 1.82) is 0 Å². The molecule has 0 aliphatic heterocycles. The molecule has 1 heterocycles. The molecule has 86 valence electrons. The van der Waals surface area contributed by atoms with Crippen LogP contribution in [0, 0.1) is 0 Å². The molecule has 0 fully saturated rings. The number of anilines is 1. The second-order valence-corrected chi connectivity index (χ2v) is 3.99. The third kappa shape index (κ3) is 2.32. The minimum atomic E-state index is -0.0282. The van der Waals surface area contributed by atoms with Crippen molar-refractivity contribution in [1.82, 2.24) is 9.55 Å². The van der Waals surface area contributed by atoms with E-state index in [-0.39, 0.29) is 5.56 Å². The van der Waals surface area contributed by atoms with Gasteiger partial charge in [0.25, 0.3) is 5.56 Å². The Labute approximate surface area is 95.0 Å². The molecular weight excluding hydrogens is 202 g/mol. The van der Waals surface area contributed by atoms with E-state index in [2.05, 4.69) is 22.5 Å². The predicted octanol–water partition coefficient (Wildman–Crippen LogP) is 1.78. The van der Waals surface area contributed by atoms with Gasteiger partial charge in [-0.05, 0) is 26.2 Å². The highest BCUT2D eigenvalue weighted by Crippen LogP contribution is 2.13. The predicted molar refractivity (Wildman–Crippen MR) is 64.6 cm³/mol. The van der Waals surface area contributed by atoms with E-state index in [1.54, 1.807) is 17.0 Å². The Kier molecular flexibility index (Phi) is 3.39. The third-order valence-corrected chi connectivity index (χ3v) is 2.86. The Morgan fingerprint density at radius 2 is 2.44 bits per heavy atom. The summed E-state index contributed by atoms with van der Waals surface area (Å²) in [5, 5.41) is 3.23. The SMILES string of the molecule is CCn1ccnc(NC2CC=CCC2)c1=O. The van der Waals surface area contributed by atoms with E-state index in [4.69, 9.17) is 0 Å². The molecule has 1 aromatic heterocycles. The number of rotatable bonds is 3. The zero-order valence-electron chi connectivity index (χ0n) is 9.52. The maximum absolute atomic E-state index is 11.9. The van der Waals surface area contributed by atoms with Crippen molar-refractivity contribution in [2.45, 2.75) is 38.8 Å². The highest BCUT2D eigenvalue weighted by molar-refractivity contribution is 5.32. The fourth-order valence-electron chi connectivity index (χ4n) is 1.91. The average Bonchev–Trinajstić information content (AvgIpc) is 2.33. The van der Waals surface area contributed by atoms with Gasteiger partial charge in [0, 0.05) is 25.0 Å². The summed E-state index contributed by atoms with van der Waals surface area (Å²) in [7, 11) is 0. The molecule has 0 radical (unpaired) electrons. The van der Waals surface area contributed by atoms with Gasteiger partial charge in [-0.3, -0.25) is 4.79 Å². The molecule has 4 nitrogen and oxygen atoms in total. The normalized spacial score (nSPS) is 19.7. The van der Waals surface area contributed by atoms with Crippen LogP contribution < -0.4 is 10.9 Å². The molecule has 2 rings (SSSR count). The van der Waals surface area contributed by atoms with E-state index < -0.39 is 0 Å². The molecular formula is C12H17N3O. The van der Waals surface area contributed by atoms with Crippen molar-refractivity contribution in [3.05, 3.63) is 34.9 Å². The summed E-state index contributed by atoms with van der Waals surface area (Å²) in [6, 6.07) is 0.345. The van der Waals surface area contributed by atoms with Gasteiger partial charge in [0.15, 0.2) is 5.82 Å². The van der Waals surface area contributed by atoms with Crippen LogP contribution in [0.5, 0.6) is 0 Å². The van der Waals surface area contributed by atoms with Crippen LogP contribution in [0.3, 0.4) is 0 Å². The Hall–Kier alpha value is -1.58. The van der Waals surface area contributed by atoms with Crippen LogP contribution in [-0.2, 0) is 6.54 Å². The van der Waals surface area contributed by atoms with Crippen LogP contribution in [0.25, 0.3) is 0 Å². The molecule has 1 aliphatic carbocycles. The Balaban J connectivity index is 2.15. The largest absolute Gasteiger partial charge is 0.362 e. The van der Waals surface area contributed by atoms with Crippen molar-refractivity contribution in [2.75, 3.05) is 5.32 Å². The maximum atomic E-state index is 11.9. The number of nitrogens with one attached hydrogen (secondary N) is 1. The average molecular weight is 219 g/mol. The fraction of sp³-hybridized carbons (Fsp3) is 0.500. The summed E-state index contributed by atoms with van der Waals surface area (Å²) < 4.78 is 1.66. The van der Waals surface area contributed by atoms with Gasteiger partial charge in [0.1, 0.15) is 0 Å². The summed E-state index contributed by atoms with van der Waals surface area (Å²) in [5.41, 5.74) is -0.0282. The first-order chi connectivity index (χ1) is 7.81. The van der Waals surface area contributed by atoms with Gasteiger partial charge < -0.3 is 9.88 Å². The molecule has 4 heteroatoms. The lowest BCUT2D eigenvalue weighted by Crippen LogP contribution is -2.29. The van der Waals surface area contributed by atoms with Crippen molar-refractivity contribution in [3.63, 3.8) is 0 Å². The van der Waals surface area contributed by atoms with E-state index in [0.717, 1.165) is 19.3 Å². The van der Waals surface area contributed by atoms with Crippen LogP contribution in [0.1, 0.15) is 26.2 Å². The molecule has 0 aromatic carbocycles. The zero-order chi connectivity index (χ0) is 11.4. The summed E-state index contributed by atoms with van der Waals surface area (Å²) in [6.45, 7) is 2.63. The van der Waals surface area contributed by atoms with Crippen molar-refractivity contribution < 1.29 is 0 Å². The molecule has 1 unspecified atom stereocenters. The topological polar surface area (TPSA) is 46.9 Å². The maximum Gasteiger partial charge on any atom is 0.293 e. The molecule has 1 aliphatic rings. The Morgan fingerprint density at radius 3 is 3.12 bits per heavy atom. The van der Waals surface area contributed by atoms with Crippen molar-refractivity contribution >= 4 is 5.82 Å². The van der Waals surface area contributed by atoms with Gasteiger partial charge in [0.05, 0.1) is 0 Å². The summed E-state index contributed by atoms with van der Waals surface area (Å²) in [5.74, 6) is 0.477. The van der Waals surface area contributed by atoms with Crippen LogP contribution >= 0.6 is 0 Å². The monoisotopic (exact) mass is 219 g/mol. The van der Waals surface area contributed by atoms with E-state index in [0.29, 0.717) is 18.4 Å². The number of hydrogen-bond donors (Lipinski definition) is 1. The first-order valence-corrected chi connectivity index (χ1v) is 5.78. The standard InChI is InChI=1S/C12H17N3O/c1-2-15-9-8-13-11(12(15)16)14-10-6-4-3-5-7-10/h3-4,8-10H,2,5-7H2,1H3,(H,13,14). The highest BCUT2D eigenvalue weighted by atomic mass is 16.1. The lowest BCUT2D eigenvalue weighted by molar-refractivity contribution is 0.635. The van der Waals surface area contributed by atoms with Crippen LogP contribution in [0.2, 0.25) is 0 Å². The summed E-state index contributed by atoms with van der Waals surface area (Å²) in [4.78, 5) is 16.0. The Bertz CT molecular complexity index is 436. The molecule has 0 bridgehead atoms. The van der Waals surface area contributed by atoms with E-state index >= 15 is 0 Å². The van der Waals surface area contributed by atoms with Crippen molar-refractivity contribution in [2.24, 2.45) is 0 Å². The molecule has 1 aromatic rings.